The molecule has 1 amide bonds. The largest absolute Gasteiger partial charge is 0.376 e. The van der Waals surface area contributed by atoms with Gasteiger partial charge in [-0.05, 0) is 25.0 Å². The number of amides is 1. The van der Waals surface area contributed by atoms with Crippen molar-refractivity contribution in [2.45, 2.75) is 25.5 Å². The molecule has 1 saturated heterocycles. The van der Waals surface area contributed by atoms with Gasteiger partial charge in [-0.15, -0.1) is 0 Å². The SMILES string of the molecule is O=C(Cn1c(=O)cnc2ccccc21)NC[C@@H]1CCCO1. The molecular weight excluding hydrogens is 270 g/mol. The van der Waals surface area contributed by atoms with Gasteiger partial charge in [0, 0.05) is 13.2 Å². The van der Waals surface area contributed by atoms with E-state index in [1.165, 1.54) is 10.8 Å². The van der Waals surface area contributed by atoms with Crippen molar-refractivity contribution >= 4 is 16.9 Å². The van der Waals surface area contributed by atoms with Crippen molar-refractivity contribution in [1.82, 2.24) is 14.9 Å². The first-order chi connectivity index (χ1) is 10.2. The summed E-state index contributed by atoms with van der Waals surface area (Å²) >= 11 is 0. The number of nitrogens with one attached hydrogen (secondary N) is 1. The number of para-hydroxylation sites is 2. The van der Waals surface area contributed by atoms with Gasteiger partial charge in [-0.25, -0.2) is 4.98 Å². The summed E-state index contributed by atoms with van der Waals surface area (Å²) < 4.78 is 6.89. The van der Waals surface area contributed by atoms with Crippen molar-refractivity contribution < 1.29 is 9.53 Å². The molecule has 6 nitrogen and oxygen atoms in total. The van der Waals surface area contributed by atoms with Crippen LogP contribution in [0.2, 0.25) is 0 Å². The van der Waals surface area contributed by atoms with Crippen molar-refractivity contribution in [3.63, 3.8) is 0 Å². The molecule has 1 aliphatic rings. The normalized spacial score (nSPS) is 18.0. The van der Waals surface area contributed by atoms with Crippen molar-refractivity contribution in [3.05, 3.63) is 40.8 Å². The van der Waals surface area contributed by atoms with Gasteiger partial charge >= 0.3 is 0 Å². The average molecular weight is 287 g/mol. The Morgan fingerprint density at radius 1 is 1.43 bits per heavy atom. The van der Waals surface area contributed by atoms with Crippen LogP contribution in [0.25, 0.3) is 11.0 Å². The van der Waals surface area contributed by atoms with E-state index in [2.05, 4.69) is 10.3 Å². The van der Waals surface area contributed by atoms with Crippen molar-refractivity contribution in [2.75, 3.05) is 13.2 Å². The Balaban J connectivity index is 1.73. The summed E-state index contributed by atoms with van der Waals surface area (Å²) in [7, 11) is 0. The van der Waals surface area contributed by atoms with E-state index in [4.69, 9.17) is 4.74 Å². The molecule has 1 aliphatic heterocycles. The molecule has 2 aromatic rings. The molecular formula is C15H17N3O3. The molecule has 3 rings (SSSR count). The number of rotatable bonds is 4. The second-order valence-corrected chi connectivity index (χ2v) is 5.11. The molecule has 110 valence electrons. The number of ether oxygens (including phenoxy) is 1. The van der Waals surface area contributed by atoms with Crippen LogP contribution in [0.5, 0.6) is 0 Å². The number of fused-ring (bicyclic) bond motifs is 1. The van der Waals surface area contributed by atoms with E-state index >= 15 is 0 Å². The molecule has 0 bridgehead atoms. The zero-order valence-corrected chi connectivity index (χ0v) is 11.6. The first-order valence-electron chi connectivity index (χ1n) is 7.07. The second-order valence-electron chi connectivity index (χ2n) is 5.11. The molecule has 1 N–H and O–H groups in total. The quantitative estimate of drug-likeness (QED) is 0.898. The van der Waals surface area contributed by atoms with E-state index in [0.29, 0.717) is 17.6 Å². The topological polar surface area (TPSA) is 73.2 Å². The van der Waals surface area contributed by atoms with Gasteiger partial charge in [-0.2, -0.15) is 0 Å². The Kier molecular flexibility index (Phi) is 3.96. The third-order valence-electron chi connectivity index (χ3n) is 3.61. The predicted octanol–water partition coefficient (Wildman–Crippen LogP) is 0.692. The molecule has 0 aliphatic carbocycles. The first kappa shape index (κ1) is 13.8. The molecule has 6 heteroatoms. The lowest BCUT2D eigenvalue weighted by Gasteiger charge is -2.12. The molecule has 1 fully saturated rings. The third kappa shape index (κ3) is 3.11. The molecule has 0 radical (unpaired) electrons. The number of hydrogen-bond donors (Lipinski definition) is 1. The Morgan fingerprint density at radius 3 is 3.10 bits per heavy atom. The van der Waals surface area contributed by atoms with E-state index in [9.17, 15) is 9.59 Å². The molecule has 1 aromatic carbocycles. The zero-order chi connectivity index (χ0) is 14.7. The fraction of sp³-hybridized carbons (Fsp3) is 0.400. The summed E-state index contributed by atoms with van der Waals surface area (Å²) in [6.45, 7) is 1.25. The van der Waals surface area contributed by atoms with E-state index < -0.39 is 0 Å². The van der Waals surface area contributed by atoms with Gasteiger partial charge in [0.2, 0.25) is 5.91 Å². The average Bonchev–Trinajstić information content (AvgIpc) is 3.01. The van der Waals surface area contributed by atoms with Crippen LogP contribution in [-0.4, -0.2) is 34.7 Å². The molecule has 2 heterocycles. The van der Waals surface area contributed by atoms with Crippen LogP contribution in [0.1, 0.15) is 12.8 Å². The summed E-state index contributed by atoms with van der Waals surface area (Å²) in [6, 6.07) is 7.28. The van der Waals surface area contributed by atoms with Gasteiger partial charge in [0.25, 0.3) is 5.56 Å². The minimum absolute atomic E-state index is 0.00537. The van der Waals surface area contributed by atoms with E-state index in [0.717, 1.165) is 19.4 Å². The minimum Gasteiger partial charge on any atom is -0.376 e. The highest BCUT2D eigenvalue weighted by molar-refractivity contribution is 5.79. The number of nitrogens with zero attached hydrogens (tertiary/aromatic N) is 2. The van der Waals surface area contributed by atoms with Crippen LogP contribution in [0.3, 0.4) is 0 Å². The molecule has 21 heavy (non-hydrogen) atoms. The standard InChI is InChI=1S/C15H17N3O3/c19-14(17-8-11-4-3-7-21-11)10-18-13-6-2-1-5-12(13)16-9-15(18)20/h1-2,5-6,9,11H,3-4,7-8,10H2,(H,17,19)/t11-/m0/s1. The van der Waals surface area contributed by atoms with Gasteiger partial charge in [-0.3, -0.25) is 14.2 Å². The lowest BCUT2D eigenvalue weighted by Crippen LogP contribution is -2.36. The fourth-order valence-corrected chi connectivity index (χ4v) is 2.51. The van der Waals surface area contributed by atoms with Crippen molar-refractivity contribution in [1.29, 1.82) is 0 Å². The van der Waals surface area contributed by atoms with Crippen LogP contribution in [0.15, 0.2) is 35.3 Å². The Bertz CT molecular complexity index is 705. The van der Waals surface area contributed by atoms with Gasteiger partial charge < -0.3 is 10.1 Å². The number of carbonyl (C=O) groups excluding carboxylic acids is 1. The highest BCUT2D eigenvalue weighted by atomic mass is 16.5. The summed E-state index contributed by atoms with van der Waals surface area (Å²) in [6.07, 6.45) is 3.35. The number of carbonyl (C=O) groups is 1. The van der Waals surface area contributed by atoms with Gasteiger partial charge in [0.05, 0.1) is 23.3 Å². The van der Waals surface area contributed by atoms with Crippen LogP contribution in [-0.2, 0) is 16.1 Å². The smallest absolute Gasteiger partial charge is 0.269 e. The van der Waals surface area contributed by atoms with Gasteiger partial charge in [-0.1, -0.05) is 12.1 Å². The zero-order valence-electron chi connectivity index (χ0n) is 11.6. The molecule has 0 spiro atoms. The summed E-state index contributed by atoms with van der Waals surface area (Å²) in [4.78, 5) is 28.0. The van der Waals surface area contributed by atoms with E-state index in [1.807, 2.05) is 18.2 Å². The fourth-order valence-electron chi connectivity index (χ4n) is 2.51. The lowest BCUT2D eigenvalue weighted by molar-refractivity contribution is -0.122. The van der Waals surface area contributed by atoms with E-state index in [1.54, 1.807) is 6.07 Å². The maximum Gasteiger partial charge on any atom is 0.269 e. The third-order valence-corrected chi connectivity index (χ3v) is 3.61. The predicted molar refractivity (Wildman–Crippen MR) is 78.0 cm³/mol. The molecule has 0 saturated carbocycles. The monoisotopic (exact) mass is 287 g/mol. The highest BCUT2D eigenvalue weighted by Crippen LogP contribution is 2.11. The first-order valence-corrected chi connectivity index (χ1v) is 7.07. The maximum absolute atomic E-state index is 12.0. The number of benzene rings is 1. The van der Waals surface area contributed by atoms with Crippen LogP contribution in [0, 0.1) is 0 Å². The lowest BCUT2D eigenvalue weighted by atomic mass is 10.2. The second kappa shape index (κ2) is 6.05. The van der Waals surface area contributed by atoms with Crippen molar-refractivity contribution in [3.8, 4) is 0 Å². The molecule has 0 unspecified atom stereocenters. The van der Waals surface area contributed by atoms with Crippen LogP contribution in [0.4, 0.5) is 0 Å². The van der Waals surface area contributed by atoms with Crippen LogP contribution < -0.4 is 10.9 Å². The van der Waals surface area contributed by atoms with Crippen LogP contribution >= 0.6 is 0 Å². The summed E-state index contributed by atoms with van der Waals surface area (Å²) in [5.41, 5.74) is 1.09. The number of aromatic nitrogens is 2. The maximum atomic E-state index is 12.0. The summed E-state index contributed by atoms with van der Waals surface area (Å²) in [5, 5.41) is 2.82. The van der Waals surface area contributed by atoms with E-state index in [-0.39, 0.29) is 24.1 Å². The Morgan fingerprint density at radius 2 is 2.29 bits per heavy atom. The molecule has 1 aromatic heterocycles. The molecule has 1 atom stereocenters. The highest BCUT2D eigenvalue weighted by Gasteiger charge is 2.16. The van der Waals surface area contributed by atoms with Gasteiger partial charge in [0.15, 0.2) is 0 Å². The van der Waals surface area contributed by atoms with Gasteiger partial charge in [0.1, 0.15) is 6.54 Å². The minimum atomic E-state index is -0.277. The number of hydrogen-bond acceptors (Lipinski definition) is 4. The Hall–Kier alpha value is -2.21. The summed E-state index contributed by atoms with van der Waals surface area (Å²) in [5.74, 6) is -0.191. The Labute approximate surface area is 121 Å². The van der Waals surface area contributed by atoms with Crippen molar-refractivity contribution in [2.24, 2.45) is 0 Å².